The number of likely N-dealkylation sites (N-methyl/N-ethyl adjacent to an activating group) is 1. The molecule has 2 aromatic heterocycles. The second-order valence-corrected chi connectivity index (χ2v) is 7.89. The maximum atomic E-state index is 13.3. The van der Waals surface area contributed by atoms with E-state index in [9.17, 15) is 18.0 Å². The summed E-state index contributed by atoms with van der Waals surface area (Å²) in [6.45, 7) is 0.994. The van der Waals surface area contributed by atoms with Crippen molar-refractivity contribution >= 4 is 22.6 Å². The van der Waals surface area contributed by atoms with E-state index in [-0.39, 0.29) is 18.9 Å². The minimum Gasteiger partial charge on any atom is -0.383 e. The second-order valence-electron chi connectivity index (χ2n) is 7.89. The van der Waals surface area contributed by atoms with Crippen molar-refractivity contribution in [2.45, 2.75) is 32.0 Å². The third-order valence-electron chi connectivity index (χ3n) is 5.99. The van der Waals surface area contributed by atoms with Gasteiger partial charge in [-0.15, -0.1) is 0 Å². The molecule has 0 saturated heterocycles. The van der Waals surface area contributed by atoms with E-state index >= 15 is 0 Å². The van der Waals surface area contributed by atoms with Gasteiger partial charge in [0.05, 0.1) is 49.7 Å². The lowest BCUT2D eigenvalue weighted by atomic mass is 9.95. The summed E-state index contributed by atoms with van der Waals surface area (Å²) in [5, 5.41) is 0.720. The number of benzene rings is 1. The van der Waals surface area contributed by atoms with Gasteiger partial charge in [0.2, 0.25) is 0 Å². The molecule has 0 spiro atoms. The zero-order valence-electron chi connectivity index (χ0n) is 17.1. The summed E-state index contributed by atoms with van der Waals surface area (Å²) >= 11 is 0. The van der Waals surface area contributed by atoms with E-state index in [0.717, 1.165) is 28.6 Å². The SMILES string of the molecule is CN(C(=O)c1cc2c3c(c(N)nc2cn1)COC3)[C@H]1COCc2ccc(C(F)(F)F)cc21. The van der Waals surface area contributed by atoms with Crippen LogP contribution in [0.2, 0.25) is 0 Å². The number of amides is 1. The summed E-state index contributed by atoms with van der Waals surface area (Å²) in [5.74, 6) is -0.0605. The fourth-order valence-electron chi connectivity index (χ4n) is 4.22. The maximum Gasteiger partial charge on any atom is 0.416 e. The van der Waals surface area contributed by atoms with E-state index in [0.29, 0.717) is 35.7 Å². The number of aromatic nitrogens is 2. The molecule has 2 N–H and O–H groups in total. The molecule has 2 aliphatic rings. The number of carbonyl (C=O) groups is 1. The summed E-state index contributed by atoms with van der Waals surface area (Å²) in [4.78, 5) is 23.2. The van der Waals surface area contributed by atoms with E-state index in [4.69, 9.17) is 15.2 Å². The van der Waals surface area contributed by atoms with E-state index < -0.39 is 23.7 Å². The van der Waals surface area contributed by atoms with Gasteiger partial charge < -0.3 is 20.1 Å². The monoisotopic (exact) mass is 444 g/mol. The minimum absolute atomic E-state index is 0.0887. The topological polar surface area (TPSA) is 90.6 Å². The van der Waals surface area contributed by atoms with Crippen LogP contribution in [0, 0.1) is 0 Å². The Kier molecular flexibility index (Phi) is 4.79. The third kappa shape index (κ3) is 3.35. The highest BCUT2D eigenvalue weighted by atomic mass is 19.4. The highest BCUT2D eigenvalue weighted by Gasteiger charge is 2.35. The summed E-state index contributed by atoms with van der Waals surface area (Å²) < 4.78 is 50.8. The predicted molar refractivity (Wildman–Crippen MR) is 108 cm³/mol. The van der Waals surface area contributed by atoms with Gasteiger partial charge in [-0.1, -0.05) is 6.07 Å². The number of hydrogen-bond donors (Lipinski definition) is 1. The Balaban J connectivity index is 1.51. The number of fused-ring (bicyclic) bond motifs is 4. The number of nitrogens with two attached hydrogens (primary N) is 1. The van der Waals surface area contributed by atoms with Crippen molar-refractivity contribution in [3.8, 4) is 0 Å². The minimum atomic E-state index is -4.47. The molecule has 4 heterocycles. The van der Waals surface area contributed by atoms with Crippen LogP contribution in [0.15, 0.2) is 30.5 Å². The molecule has 1 atom stereocenters. The Bertz CT molecular complexity index is 1250. The molecule has 0 aliphatic carbocycles. The number of hydrogen-bond acceptors (Lipinski definition) is 6. The molecule has 166 valence electrons. The van der Waals surface area contributed by atoms with Crippen LogP contribution in [0.25, 0.3) is 10.9 Å². The fraction of sp³-hybridized carbons (Fsp3) is 0.318. The number of pyridine rings is 2. The summed E-state index contributed by atoms with van der Waals surface area (Å²) in [6.07, 6.45) is -3.00. The lowest BCUT2D eigenvalue weighted by molar-refractivity contribution is -0.137. The van der Waals surface area contributed by atoms with Crippen LogP contribution in [-0.4, -0.2) is 34.4 Å². The van der Waals surface area contributed by atoms with Crippen molar-refractivity contribution in [2.24, 2.45) is 0 Å². The average Bonchev–Trinajstić information content (AvgIpc) is 3.28. The molecule has 0 unspecified atom stereocenters. The zero-order chi connectivity index (χ0) is 22.6. The average molecular weight is 444 g/mol. The summed E-state index contributed by atoms with van der Waals surface area (Å²) in [6, 6.07) is 4.47. The van der Waals surface area contributed by atoms with Crippen molar-refractivity contribution in [1.29, 1.82) is 0 Å². The van der Waals surface area contributed by atoms with Gasteiger partial charge >= 0.3 is 6.18 Å². The number of alkyl halides is 3. The van der Waals surface area contributed by atoms with Crippen molar-refractivity contribution < 1.29 is 27.4 Å². The van der Waals surface area contributed by atoms with Gasteiger partial charge in [0, 0.05) is 18.0 Å². The van der Waals surface area contributed by atoms with Crippen LogP contribution in [-0.2, 0) is 35.5 Å². The first-order valence-electron chi connectivity index (χ1n) is 9.93. The third-order valence-corrected chi connectivity index (χ3v) is 5.99. The van der Waals surface area contributed by atoms with Gasteiger partial charge in [-0.3, -0.25) is 4.79 Å². The number of carbonyl (C=O) groups excluding carboxylic acids is 1. The van der Waals surface area contributed by atoms with Crippen LogP contribution in [0.1, 0.15) is 44.3 Å². The predicted octanol–water partition coefficient (Wildman–Crippen LogP) is 3.60. The Morgan fingerprint density at radius 3 is 2.72 bits per heavy atom. The molecule has 2 aliphatic heterocycles. The molecule has 7 nitrogen and oxygen atoms in total. The molecule has 32 heavy (non-hydrogen) atoms. The molecule has 0 radical (unpaired) electrons. The standard InChI is InChI=1S/C22H19F3N4O3/c1-29(19-10-31-7-11-2-3-12(4-13(11)19)22(23,24)25)21(30)17-5-14-15-8-32-9-16(15)20(26)28-18(14)6-27-17/h2-6,19H,7-10H2,1H3,(H2,26,28)/t19-/m0/s1. The molecule has 0 fully saturated rings. The fourth-order valence-corrected chi connectivity index (χ4v) is 4.22. The number of nitrogen functional groups attached to an aromatic ring is 1. The van der Waals surface area contributed by atoms with Crippen LogP contribution in [0.4, 0.5) is 19.0 Å². The Labute approximate surface area is 181 Å². The summed E-state index contributed by atoms with van der Waals surface area (Å²) in [7, 11) is 1.53. The normalized spacial score (nSPS) is 17.8. The molecule has 10 heteroatoms. The molecule has 1 amide bonds. The lowest BCUT2D eigenvalue weighted by Gasteiger charge is -2.33. The van der Waals surface area contributed by atoms with Crippen molar-refractivity contribution in [1.82, 2.24) is 14.9 Å². The van der Waals surface area contributed by atoms with Crippen molar-refractivity contribution in [2.75, 3.05) is 19.4 Å². The molecule has 1 aromatic carbocycles. The van der Waals surface area contributed by atoms with Crippen LogP contribution in [0.3, 0.4) is 0 Å². The Morgan fingerprint density at radius 2 is 1.94 bits per heavy atom. The van der Waals surface area contributed by atoms with E-state index in [2.05, 4.69) is 9.97 Å². The number of nitrogens with zero attached hydrogens (tertiary/aromatic N) is 3. The second kappa shape index (κ2) is 7.42. The first-order valence-corrected chi connectivity index (χ1v) is 9.93. The van der Waals surface area contributed by atoms with Crippen molar-refractivity contribution in [3.63, 3.8) is 0 Å². The van der Waals surface area contributed by atoms with E-state index in [1.54, 1.807) is 6.07 Å². The van der Waals surface area contributed by atoms with E-state index in [1.807, 2.05) is 0 Å². The molecule has 0 bridgehead atoms. The van der Waals surface area contributed by atoms with Gasteiger partial charge in [-0.25, -0.2) is 9.97 Å². The highest BCUT2D eigenvalue weighted by Crippen LogP contribution is 2.36. The molecular formula is C22H19F3N4O3. The molecule has 3 aromatic rings. The van der Waals surface area contributed by atoms with Crippen LogP contribution < -0.4 is 5.73 Å². The number of anilines is 1. The number of rotatable bonds is 2. The van der Waals surface area contributed by atoms with Gasteiger partial charge in [0.25, 0.3) is 5.91 Å². The highest BCUT2D eigenvalue weighted by molar-refractivity contribution is 5.97. The van der Waals surface area contributed by atoms with Gasteiger partial charge in [-0.2, -0.15) is 13.2 Å². The summed E-state index contributed by atoms with van der Waals surface area (Å²) in [5.41, 5.74) is 8.63. The molecule has 0 saturated carbocycles. The number of ether oxygens (including phenoxy) is 2. The largest absolute Gasteiger partial charge is 0.416 e. The van der Waals surface area contributed by atoms with Gasteiger partial charge in [0.15, 0.2) is 0 Å². The molecular weight excluding hydrogens is 425 g/mol. The first kappa shape index (κ1) is 20.7. The van der Waals surface area contributed by atoms with Crippen LogP contribution in [0.5, 0.6) is 0 Å². The Morgan fingerprint density at radius 1 is 1.16 bits per heavy atom. The lowest BCUT2D eigenvalue weighted by Crippen LogP contribution is -2.37. The van der Waals surface area contributed by atoms with Crippen molar-refractivity contribution in [3.05, 3.63) is 64.0 Å². The van der Waals surface area contributed by atoms with Crippen LogP contribution >= 0.6 is 0 Å². The van der Waals surface area contributed by atoms with Gasteiger partial charge in [0.1, 0.15) is 11.5 Å². The Hall–Kier alpha value is -3.24. The smallest absolute Gasteiger partial charge is 0.383 e. The van der Waals surface area contributed by atoms with Gasteiger partial charge in [-0.05, 0) is 34.9 Å². The maximum absolute atomic E-state index is 13.3. The zero-order valence-corrected chi connectivity index (χ0v) is 17.1. The first-order chi connectivity index (χ1) is 15.2. The quantitative estimate of drug-likeness (QED) is 0.650. The number of halogens is 3. The molecule has 5 rings (SSSR count). The van der Waals surface area contributed by atoms with E-state index in [1.165, 1.54) is 24.2 Å².